The number of aliphatic hydroxyl groups excluding tert-OH is 1. The lowest BCUT2D eigenvalue weighted by Crippen LogP contribution is -2.12. The van der Waals surface area contributed by atoms with Crippen LogP contribution in [0.3, 0.4) is 0 Å². The van der Waals surface area contributed by atoms with Gasteiger partial charge < -0.3 is 10.4 Å². The first kappa shape index (κ1) is 13.9. The quantitative estimate of drug-likeness (QED) is 0.764. The number of hydrogen-bond acceptors (Lipinski definition) is 3. The van der Waals surface area contributed by atoms with Gasteiger partial charge in [-0.05, 0) is 29.8 Å². The van der Waals surface area contributed by atoms with Gasteiger partial charge in [-0.1, -0.05) is 41.9 Å². The third-order valence-corrected chi connectivity index (χ3v) is 3.61. The van der Waals surface area contributed by atoms with Crippen LogP contribution in [0.15, 0.2) is 60.8 Å². The maximum absolute atomic E-state index is 10.2. The normalized spacial score (nSPS) is 12.3. The third-order valence-electron chi connectivity index (χ3n) is 3.37. The minimum atomic E-state index is -0.554. The Kier molecular flexibility index (Phi) is 4.04. The number of rotatable bonds is 4. The van der Waals surface area contributed by atoms with Crippen molar-refractivity contribution in [1.82, 2.24) is 4.98 Å². The van der Waals surface area contributed by atoms with Gasteiger partial charge in [0.25, 0.3) is 0 Å². The van der Waals surface area contributed by atoms with Gasteiger partial charge in [0.05, 0.1) is 11.6 Å². The van der Waals surface area contributed by atoms with E-state index in [4.69, 9.17) is 11.6 Å². The van der Waals surface area contributed by atoms with E-state index in [1.165, 1.54) is 0 Å². The van der Waals surface area contributed by atoms with Crippen LogP contribution in [0.5, 0.6) is 0 Å². The number of pyridine rings is 1. The first-order chi connectivity index (χ1) is 10.2. The molecule has 0 fully saturated rings. The van der Waals surface area contributed by atoms with Crippen LogP contribution in [0, 0.1) is 0 Å². The molecule has 3 aromatic rings. The first-order valence-corrected chi connectivity index (χ1v) is 7.13. The number of aliphatic hydroxyl groups is 1. The van der Waals surface area contributed by atoms with Gasteiger partial charge >= 0.3 is 0 Å². The van der Waals surface area contributed by atoms with E-state index in [-0.39, 0.29) is 0 Å². The summed E-state index contributed by atoms with van der Waals surface area (Å²) in [6.07, 6.45) is 1.18. The van der Waals surface area contributed by atoms with Crippen molar-refractivity contribution in [3.8, 4) is 0 Å². The molecule has 1 atom stereocenters. The summed E-state index contributed by atoms with van der Waals surface area (Å²) in [4.78, 5) is 4.30. The van der Waals surface area contributed by atoms with Crippen molar-refractivity contribution in [3.05, 3.63) is 71.4 Å². The molecular weight excluding hydrogens is 284 g/mol. The van der Waals surface area contributed by atoms with Crippen LogP contribution in [0.1, 0.15) is 11.7 Å². The highest BCUT2D eigenvalue weighted by atomic mass is 35.5. The predicted octanol–water partition coefficient (Wildman–Crippen LogP) is 4.03. The molecule has 1 heterocycles. The Labute approximate surface area is 128 Å². The number of nitrogens with zero attached hydrogens (tertiary/aromatic N) is 1. The number of benzene rings is 2. The zero-order valence-electron chi connectivity index (χ0n) is 11.3. The number of aromatic nitrogens is 1. The number of fused-ring (bicyclic) bond motifs is 1. The zero-order valence-corrected chi connectivity index (χ0v) is 12.1. The summed E-state index contributed by atoms with van der Waals surface area (Å²) in [5.41, 5.74) is 2.67. The molecule has 3 nitrogen and oxygen atoms in total. The van der Waals surface area contributed by atoms with Gasteiger partial charge in [-0.15, -0.1) is 0 Å². The van der Waals surface area contributed by atoms with Crippen molar-refractivity contribution in [2.24, 2.45) is 0 Å². The van der Waals surface area contributed by atoms with Crippen LogP contribution >= 0.6 is 11.6 Å². The van der Waals surface area contributed by atoms with Gasteiger partial charge in [0, 0.05) is 28.8 Å². The Morgan fingerprint density at radius 1 is 1.10 bits per heavy atom. The van der Waals surface area contributed by atoms with Gasteiger partial charge in [-0.25, -0.2) is 0 Å². The minimum absolute atomic E-state index is 0.436. The Bertz CT molecular complexity index is 746. The highest BCUT2D eigenvalue weighted by molar-refractivity contribution is 6.31. The zero-order chi connectivity index (χ0) is 14.7. The van der Waals surface area contributed by atoms with Gasteiger partial charge in [-0.3, -0.25) is 4.98 Å². The second-order valence-corrected chi connectivity index (χ2v) is 5.26. The lowest BCUT2D eigenvalue weighted by Gasteiger charge is -2.14. The number of hydrogen-bond donors (Lipinski definition) is 2. The van der Waals surface area contributed by atoms with Crippen LogP contribution in [0.2, 0.25) is 5.02 Å². The van der Waals surface area contributed by atoms with E-state index >= 15 is 0 Å². The van der Waals surface area contributed by atoms with Crippen molar-refractivity contribution in [1.29, 1.82) is 0 Å². The lowest BCUT2D eigenvalue weighted by atomic mass is 10.1. The average Bonchev–Trinajstić information content (AvgIpc) is 2.53. The van der Waals surface area contributed by atoms with Crippen LogP contribution in [-0.4, -0.2) is 16.6 Å². The molecule has 0 aliphatic carbocycles. The van der Waals surface area contributed by atoms with Crippen LogP contribution < -0.4 is 5.32 Å². The second kappa shape index (κ2) is 6.12. The molecule has 1 aromatic heterocycles. The molecular formula is C17H15ClN2O. The molecule has 1 unspecified atom stereocenters. The fourth-order valence-corrected chi connectivity index (χ4v) is 2.44. The Hall–Kier alpha value is -2.10. The van der Waals surface area contributed by atoms with Crippen molar-refractivity contribution >= 4 is 28.2 Å². The van der Waals surface area contributed by atoms with E-state index in [9.17, 15) is 5.11 Å². The molecule has 0 saturated carbocycles. The van der Waals surface area contributed by atoms with E-state index in [1.54, 1.807) is 6.20 Å². The van der Waals surface area contributed by atoms with Crippen LogP contribution in [0.25, 0.3) is 10.9 Å². The minimum Gasteiger partial charge on any atom is -0.387 e. The Morgan fingerprint density at radius 3 is 2.71 bits per heavy atom. The van der Waals surface area contributed by atoms with E-state index < -0.39 is 6.10 Å². The largest absolute Gasteiger partial charge is 0.387 e. The maximum Gasteiger partial charge on any atom is 0.0962 e. The van der Waals surface area contributed by atoms with E-state index in [1.807, 2.05) is 54.6 Å². The average molecular weight is 299 g/mol. The summed E-state index contributed by atoms with van der Waals surface area (Å²) in [5, 5.41) is 15.1. The summed E-state index contributed by atoms with van der Waals surface area (Å²) in [6, 6.07) is 17.1. The van der Waals surface area contributed by atoms with Gasteiger partial charge in [-0.2, -0.15) is 0 Å². The van der Waals surface area contributed by atoms with E-state index in [0.717, 1.165) is 22.2 Å². The first-order valence-electron chi connectivity index (χ1n) is 6.75. The van der Waals surface area contributed by atoms with Crippen LogP contribution in [0.4, 0.5) is 5.69 Å². The monoisotopic (exact) mass is 298 g/mol. The molecule has 106 valence electrons. The standard InChI is InChI=1S/C17H15ClN2O/c18-13-6-7-14-15(8-9-19-16(14)10-13)20-11-17(21)12-4-2-1-3-5-12/h1-10,17,21H,11H2,(H,19,20). The Balaban J connectivity index is 1.79. The molecule has 0 spiro atoms. The van der Waals surface area contributed by atoms with E-state index in [0.29, 0.717) is 11.6 Å². The number of halogens is 1. The van der Waals surface area contributed by atoms with Gasteiger partial charge in [0.1, 0.15) is 0 Å². The summed E-state index contributed by atoms with van der Waals surface area (Å²) in [7, 11) is 0. The highest BCUT2D eigenvalue weighted by Crippen LogP contribution is 2.25. The molecule has 4 heteroatoms. The third kappa shape index (κ3) is 3.15. The van der Waals surface area contributed by atoms with E-state index in [2.05, 4.69) is 10.3 Å². The van der Waals surface area contributed by atoms with Crippen LogP contribution in [-0.2, 0) is 0 Å². The van der Waals surface area contributed by atoms with Gasteiger partial charge in [0.2, 0.25) is 0 Å². The molecule has 0 saturated heterocycles. The van der Waals surface area contributed by atoms with Crippen molar-refractivity contribution in [2.75, 3.05) is 11.9 Å². The van der Waals surface area contributed by atoms with Crippen molar-refractivity contribution in [2.45, 2.75) is 6.10 Å². The number of anilines is 1. The molecule has 0 aliphatic heterocycles. The molecule has 0 bridgehead atoms. The molecule has 0 amide bonds. The van der Waals surface area contributed by atoms with Gasteiger partial charge in [0.15, 0.2) is 0 Å². The number of nitrogens with one attached hydrogen (secondary N) is 1. The molecule has 0 aliphatic rings. The molecule has 2 aromatic carbocycles. The predicted molar refractivity (Wildman–Crippen MR) is 86.6 cm³/mol. The smallest absolute Gasteiger partial charge is 0.0962 e. The SMILES string of the molecule is OC(CNc1ccnc2cc(Cl)ccc12)c1ccccc1. The maximum atomic E-state index is 10.2. The van der Waals surface area contributed by atoms with Crippen molar-refractivity contribution < 1.29 is 5.11 Å². The Morgan fingerprint density at radius 2 is 1.90 bits per heavy atom. The fourth-order valence-electron chi connectivity index (χ4n) is 2.28. The second-order valence-electron chi connectivity index (χ2n) is 4.83. The molecule has 0 radical (unpaired) electrons. The summed E-state index contributed by atoms with van der Waals surface area (Å²) >= 11 is 5.98. The lowest BCUT2D eigenvalue weighted by molar-refractivity contribution is 0.191. The topological polar surface area (TPSA) is 45.1 Å². The fraction of sp³-hybridized carbons (Fsp3) is 0.118. The highest BCUT2D eigenvalue weighted by Gasteiger charge is 2.08. The molecule has 21 heavy (non-hydrogen) atoms. The summed E-state index contributed by atoms with van der Waals surface area (Å²) < 4.78 is 0. The van der Waals surface area contributed by atoms with Crippen molar-refractivity contribution in [3.63, 3.8) is 0 Å². The molecule has 3 rings (SSSR count). The summed E-state index contributed by atoms with van der Waals surface area (Å²) in [5.74, 6) is 0. The molecule has 2 N–H and O–H groups in total. The summed E-state index contributed by atoms with van der Waals surface area (Å²) in [6.45, 7) is 0.436.